The van der Waals surface area contributed by atoms with Crippen molar-refractivity contribution in [1.29, 1.82) is 0 Å². The van der Waals surface area contributed by atoms with E-state index in [2.05, 4.69) is 21.3 Å². The lowest BCUT2D eigenvalue weighted by molar-refractivity contribution is -0.114. The molecule has 0 aliphatic heterocycles. The second-order valence-electron chi connectivity index (χ2n) is 5.15. The van der Waals surface area contributed by atoms with Crippen molar-refractivity contribution in [1.82, 2.24) is 0 Å². The van der Waals surface area contributed by atoms with Gasteiger partial charge in [0.25, 0.3) is 0 Å². The molecule has 0 aliphatic rings. The van der Waals surface area contributed by atoms with E-state index in [1.54, 1.807) is 24.3 Å². The van der Waals surface area contributed by atoms with Crippen LogP contribution in [0.2, 0.25) is 0 Å². The van der Waals surface area contributed by atoms with Crippen LogP contribution in [-0.4, -0.2) is 25.5 Å². The summed E-state index contributed by atoms with van der Waals surface area (Å²) in [5.41, 5.74) is 3.31. The van der Waals surface area contributed by atoms with Crippen LogP contribution in [0, 0.1) is 19.3 Å². The van der Waals surface area contributed by atoms with Crippen LogP contribution in [0.25, 0.3) is 0 Å². The Morgan fingerprint density at radius 2 is 2.00 bits per heavy atom. The summed E-state index contributed by atoms with van der Waals surface area (Å²) < 4.78 is 4.68. The fourth-order valence-corrected chi connectivity index (χ4v) is 2.10. The zero-order valence-corrected chi connectivity index (χ0v) is 13.6. The maximum atomic E-state index is 12.1. The maximum Gasteiger partial charge on any atom is 0.337 e. The summed E-state index contributed by atoms with van der Waals surface area (Å²) in [5.74, 6) is 1.86. The molecule has 0 atom stereocenters. The van der Waals surface area contributed by atoms with Gasteiger partial charge in [0.15, 0.2) is 0 Å². The molecule has 122 valence electrons. The van der Waals surface area contributed by atoms with Crippen molar-refractivity contribution in [3.05, 3.63) is 59.2 Å². The first-order valence-electron chi connectivity index (χ1n) is 7.33. The number of nitrogens with one attached hydrogen (secondary N) is 2. The third-order valence-corrected chi connectivity index (χ3v) is 3.42. The smallest absolute Gasteiger partial charge is 0.337 e. The molecule has 0 heterocycles. The monoisotopic (exact) mass is 322 g/mol. The first-order valence-corrected chi connectivity index (χ1v) is 7.33. The number of aryl methyl sites for hydroxylation is 1. The summed E-state index contributed by atoms with van der Waals surface area (Å²) in [5, 5.41) is 5.79. The van der Waals surface area contributed by atoms with Crippen LogP contribution < -0.4 is 10.6 Å². The predicted molar refractivity (Wildman–Crippen MR) is 94.0 cm³/mol. The SMILES string of the molecule is C#Cc1cccc(NCC(=O)Nc2cc(C(=O)OC)ccc2C)c1. The number of esters is 1. The third kappa shape index (κ3) is 4.37. The molecule has 0 saturated heterocycles. The van der Waals surface area contributed by atoms with Crippen molar-refractivity contribution in [2.24, 2.45) is 0 Å². The molecule has 0 fully saturated rings. The number of hydrogen-bond donors (Lipinski definition) is 2. The zero-order valence-electron chi connectivity index (χ0n) is 13.6. The first kappa shape index (κ1) is 17.1. The number of anilines is 2. The Morgan fingerprint density at radius 3 is 2.71 bits per heavy atom. The molecule has 0 spiro atoms. The van der Waals surface area contributed by atoms with Gasteiger partial charge < -0.3 is 15.4 Å². The van der Waals surface area contributed by atoms with Crippen molar-refractivity contribution >= 4 is 23.3 Å². The molecule has 0 bridgehead atoms. The fourth-order valence-electron chi connectivity index (χ4n) is 2.10. The molecule has 1 amide bonds. The summed E-state index contributed by atoms with van der Waals surface area (Å²) in [6.07, 6.45) is 5.35. The van der Waals surface area contributed by atoms with Crippen LogP contribution in [-0.2, 0) is 9.53 Å². The summed E-state index contributed by atoms with van der Waals surface area (Å²) in [6.45, 7) is 1.93. The number of terminal acetylenes is 1. The number of carbonyl (C=O) groups is 2. The van der Waals surface area contributed by atoms with Gasteiger partial charge in [0.05, 0.1) is 19.2 Å². The van der Waals surface area contributed by atoms with Gasteiger partial charge in [-0.2, -0.15) is 0 Å². The minimum atomic E-state index is -0.449. The summed E-state index contributed by atoms with van der Waals surface area (Å²) >= 11 is 0. The maximum absolute atomic E-state index is 12.1. The van der Waals surface area contributed by atoms with Gasteiger partial charge in [-0.05, 0) is 42.8 Å². The lowest BCUT2D eigenvalue weighted by Crippen LogP contribution is -2.22. The topological polar surface area (TPSA) is 67.4 Å². The lowest BCUT2D eigenvalue weighted by Gasteiger charge is -2.11. The number of benzene rings is 2. The van der Waals surface area contributed by atoms with Crippen molar-refractivity contribution < 1.29 is 14.3 Å². The van der Waals surface area contributed by atoms with Gasteiger partial charge in [0.2, 0.25) is 5.91 Å². The van der Waals surface area contributed by atoms with Crippen LogP contribution in [0.1, 0.15) is 21.5 Å². The Hall–Kier alpha value is -3.26. The molecule has 0 radical (unpaired) electrons. The summed E-state index contributed by atoms with van der Waals surface area (Å²) in [4.78, 5) is 23.7. The molecule has 5 heteroatoms. The average molecular weight is 322 g/mol. The van der Waals surface area contributed by atoms with Crippen molar-refractivity contribution in [2.75, 3.05) is 24.3 Å². The number of ether oxygens (including phenoxy) is 1. The van der Waals surface area contributed by atoms with Gasteiger partial charge in [-0.25, -0.2) is 4.79 Å². The molecule has 2 N–H and O–H groups in total. The highest BCUT2D eigenvalue weighted by molar-refractivity contribution is 5.97. The second kappa shape index (κ2) is 7.84. The van der Waals surface area contributed by atoms with Crippen molar-refractivity contribution in [3.8, 4) is 12.3 Å². The highest BCUT2D eigenvalue weighted by Crippen LogP contribution is 2.17. The molecule has 0 aliphatic carbocycles. The highest BCUT2D eigenvalue weighted by atomic mass is 16.5. The van der Waals surface area contributed by atoms with Gasteiger partial charge in [-0.1, -0.05) is 18.1 Å². The summed E-state index contributed by atoms with van der Waals surface area (Å²) in [6, 6.07) is 12.3. The fraction of sp³-hybridized carbons (Fsp3) is 0.158. The molecule has 0 unspecified atom stereocenters. The Bertz CT molecular complexity index is 806. The van der Waals surface area contributed by atoms with E-state index in [-0.39, 0.29) is 12.5 Å². The zero-order chi connectivity index (χ0) is 17.5. The molecule has 2 aromatic rings. The van der Waals surface area contributed by atoms with Gasteiger partial charge in [-0.15, -0.1) is 6.42 Å². The van der Waals surface area contributed by atoms with E-state index in [4.69, 9.17) is 6.42 Å². The largest absolute Gasteiger partial charge is 0.465 e. The van der Waals surface area contributed by atoms with E-state index in [1.807, 2.05) is 25.1 Å². The Balaban J connectivity index is 2.02. The van der Waals surface area contributed by atoms with Crippen LogP contribution in [0.3, 0.4) is 0 Å². The standard InChI is InChI=1S/C19H18N2O3/c1-4-14-6-5-7-16(10-14)20-12-18(22)21-17-11-15(19(23)24-3)9-8-13(17)2/h1,5-11,20H,12H2,2-3H3,(H,21,22). The van der Waals surface area contributed by atoms with Crippen molar-refractivity contribution in [2.45, 2.75) is 6.92 Å². The second-order valence-corrected chi connectivity index (χ2v) is 5.15. The van der Waals surface area contributed by atoms with E-state index in [0.29, 0.717) is 11.3 Å². The Kier molecular flexibility index (Phi) is 5.58. The number of methoxy groups -OCH3 is 1. The highest BCUT2D eigenvalue weighted by Gasteiger charge is 2.10. The Labute approximate surface area is 141 Å². The summed E-state index contributed by atoms with van der Waals surface area (Å²) in [7, 11) is 1.31. The quantitative estimate of drug-likeness (QED) is 0.656. The van der Waals surface area contributed by atoms with Crippen LogP contribution >= 0.6 is 0 Å². The van der Waals surface area contributed by atoms with E-state index < -0.39 is 5.97 Å². The van der Waals surface area contributed by atoms with E-state index in [1.165, 1.54) is 7.11 Å². The van der Waals surface area contributed by atoms with Gasteiger partial charge in [0, 0.05) is 16.9 Å². The number of hydrogen-bond acceptors (Lipinski definition) is 4. The minimum absolute atomic E-state index is 0.0793. The minimum Gasteiger partial charge on any atom is -0.465 e. The molecular formula is C19H18N2O3. The van der Waals surface area contributed by atoms with Crippen molar-refractivity contribution in [3.63, 3.8) is 0 Å². The molecule has 5 nitrogen and oxygen atoms in total. The molecule has 24 heavy (non-hydrogen) atoms. The Morgan fingerprint density at radius 1 is 1.21 bits per heavy atom. The molecule has 0 aromatic heterocycles. The normalized spacial score (nSPS) is 9.71. The van der Waals surface area contributed by atoms with Gasteiger partial charge in [-0.3, -0.25) is 4.79 Å². The van der Waals surface area contributed by atoms with E-state index >= 15 is 0 Å². The van der Waals surface area contributed by atoms with Crippen LogP contribution in [0.5, 0.6) is 0 Å². The molecule has 2 aromatic carbocycles. The number of rotatable bonds is 5. The molecule has 2 rings (SSSR count). The predicted octanol–water partition coefficient (Wildman–Crippen LogP) is 2.81. The number of amides is 1. The van der Waals surface area contributed by atoms with Crippen LogP contribution in [0.4, 0.5) is 11.4 Å². The lowest BCUT2D eigenvalue weighted by atomic mass is 10.1. The average Bonchev–Trinajstić information content (AvgIpc) is 2.61. The molecular weight excluding hydrogens is 304 g/mol. The van der Waals surface area contributed by atoms with Crippen LogP contribution in [0.15, 0.2) is 42.5 Å². The van der Waals surface area contributed by atoms with E-state index in [0.717, 1.165) is 16.8 Å². The first-order chi connectivity index (χ1) is 11.5. The van der Waals surface area contributed by atoms with E-state index in [9.17, 15) is 9.59 Å². The van der Waals surface area contributed by atoms with Gasteiger partial charge in [0.1, 0.15) is 0 Å². The number of carbonyl (C=O) groups excluding carboxylic acids is 2. The van der Waals surface area contributed by atoms with Gasteiger partial charge >= 0.3 is 5.97 Å². The molecule has 0 saturated carbocycles. The third-order valence-electron chi connectivity index (χ3n) is 3.42.